The number of phenolic OH excluding ortho intramolecular Hbond substituents is 1. The smallest absolute Gasteiger partial charge is 0.218 e. The standard InChI is InChI=1S/C13H14N2O2/c1-17-13-10(8-14)5-6-12(15-13)9-3-2-4-11(16)7-9/h2-7,16H,8,14H2,1H3. The molecule has 0 atom stereocenters. The Balaban J connectivity index is 2.46. The Labute approximate surface area is 99.7 Å². The SMILES string of the molecule is COc1nc(-c2cccc(O)c2)ccc1CN. The van der Waals surface area contributed by atoms with Crippen LogP contribution in [-0.4, -0.2) is 17.2 Å². The van der Waals surface area contributed by atoms with E-state index in [-0.39, 0.29) is 5.75 Å². The van der Waals surface area contributed by atoms with Gasteiger partial charge in [-0.3, -0.25) is 0 Å². The second kappa shape index (κ2) is 4.84. The Bertz CT molecular complexity index is 527. The highest BCUT2D eigenvalue weighted by Gasteiger charge is 2.06. The minimum Gasteiger partial charge on any atom is -0.508 e. The van der Waals surface area contributed by atoms with Crippen LogP contribution in [0.3, 0.4) is 0 Å². The number of nitrogens with zero attached hydrogens (tertiary/aromatic N) is 1. The van der Waals surface area contributed by atoms with E-state index in [9.17, 15) is 5.11 Å². The largest absolute Gasteiger partial charge is 0.508 e. The fraction of sp³-hybridized carbons (Fsp3) is 0.154. The van der Waals surface area contributed by atoms with Crippen LogP contribution in [0.15, 0.2) is 36.4 Å². The first kappa shape index (κ1) is 11.4. The van der Waals surface area contributed by atoms with E-state index in [4.69, 9.17) is 10.5 Å². The molecule has 1 aromatic heterocycles. The molecular weight excluding hydrogens is 216 g/mol. The summed E-state index contributed by atoms with van der Waals surface area (Å²) < 4.78 is 5.17. The molecule has 4 nitrogen and oxygen atoms in total. The number of rotatable bonds is 3. The molecule has 0 saturated carbocycles. The van der Waals surface area contributed by atoms with Crippen molar-refractivity contribution >= 4 is 0 Å². The first-order valence-electron chi connectivity index (χ1n) is 5.28. The lowest BCUT2D eigenvalue weighted by molar-refractivity contribution is 0.393. The molecule has 0 aliphatic carbocycles. The molecule has 0 saturated heterocycles. The summed E-state index contributed by atoms with van der Waals surface area (Å²) in [6, 6.07) is 10.7. The molecular formula is C13H14N2O2. The first-order valence-corrected chi connectivity index (χ1v) is 5.28. The molecule has 0 aliphatic rings. The van der Waals surface area contributed by atoms with Crippen molar-refractivity contribution in [3.63, 3.8) is 0 Å². The van der Waals surface area contributed by atoms with Gasteiger partial charge < -0.3 is 15.6 Å². The number of pyridine rings is 1. The normalized spacial score (nSPS) is 10.2. The van der Waals surface area contributed by atoms with E-state index in [1.165, 1.54) is 0 Å². The summed E-state index contributed by atoms with van der Waals surface area (Å²) in [5.41, 5.74) is 8.02. The van der Waals surface area contributed by atoms with Gasteiger partial charge in [0.15, 0.2) is 0 Å². The molecule has 3 N–H and O–H groups in total. The molecule has 2 aromatic rings. The predicted octanol–water partition coefficient (Wildman–Crippen LogP) is 1.92. The minimum atomic E-state index is 0.214. The number of aromatic hydroxyl groups is 1. The molecule has 0 unspecified atom stereocenters. The van der Waals surface area contributed by atoms with E-state index in [1.54, 1.807) is 25.3 Å². The third kappa shape index (κ3) is 2.37. The first-order chi connectivity index (χ1) is 8.24. The summed E-state index contributed by atoms with van der Waals surface area (Å²) in [5.74, 6) is 0.736. The zero-order valence-corrected chi connectivity index (χ0v) is 9.55. The molecule has 17 heavy (non-hydrogen) atoms. The quantitative estimate of drug-likeness (QED) is 0.845. The van der Waals surface area contributed by atoms with E-state index in [2.05, 4.69) is 4.98 Å². The molecule has 0 amide bonds. The van der Waals surface area contributed by atoms with Gasteiger partial charge >= 0.3 is 0 Å². The third-order valence-electron chi connectivity index (χ3n) is 2.49. The van der Waals surface area contributed by atoms with Crippen LogP contribution in [0.25, 0.3) is 11.3 Å². The average molecular weight is 230 g/mol. The number of hydrogen-bond acceptors (Lipinski definition) is 4. The van der Waals surface area contributed by atoms with Crippen molar-refractivity contribution in [1.82, 2.24) is 4.98 Å². The second-order valence-electron chi connectivity index (χ2n) is 3.62. The van der Waals surface area contributed by atoms with Crippen LogP contribution in [0.1, 0.15) is 5.56 Å². The van der Waals surface area contributed by atoms with Crippen LogP contribution in [0.5, 0.6) is 11.6 Å². The van der Waals surface area contributed by atoms with Crippen molar-refractivity contribution in [3.8, 4) is 22.9 Å². The highest BCUT2D eigenvalue weighted by Crippen LogP contribution is 2.25. The van der Waals surface area contributed by atoms with Crippen LogP contribution in [0.4, 0.5) is 0 Å². The van der Waals surface area contributed by atoms with E-state index in [0.29, 0.717) is 12.4 Å². The monoisotopic (exact) mass is 230 g/mol. The topological polar surface area (TPSA) is 68.4 Å². The summed E-state index contributed by atoms with van der Waals surface area (Å²) in [7, 11) is 1.56. The number of aromatic nitrogens is 1. The predicted molar refractivity (Wildman–Crippen MR) is 65.8 cm³/mol. The highest BCUT2D eigenvalue weighted by molar-refractivity contribution is 5.62. The minimum absolute atomic E-state index is 0.214. The van der Waals surface area contributed by atoms with Gasteiger partial charge in [0.05, 0.1) is 12.8 Å². The maximum Gasteiger partial charge on any atom is 0.218 e. The lowest BCUT2D eigenvalue weighted by Crippen LogP contribution is -2.02. The van der Waals surface area contributed by atoms with Crippen molar-refractivity contribution in [2.24, 2.45) is 5.73 Å². The van der Waals surface area contributed by atoms with Crippen LogP contribution < -0.4 is 10.5 Å². The molecule has 1 aromatic carbocycles. The Morgan fingerprint density at radius 2 is 2.12 bits per heavy atom. The fourth-order valence-electron chi connectivity index (χ4n) is 1.63. The van der Waals surface area contributed by atoms with Gasteiger partial charge in [-0.05, 0) is 18.2 Å². The van der Waals surface area contributed by atoms with Crippen LogP contribution in [0, 0.1) is 0 Å². The molecule has 2 rings (SSSR count). The van der Waals surface area contributed by atoms with Gasteiger partial charge in [0.25, 0.3) is 0 Å². The van der Waals surface area contributed by atoms with Crippen LogP contribution >= 0.6 is 0 Å². The van der Waals surface area contributed by atoms with Gasteiger partial charge in [0.1, 0.15) is 5.75 Å². The number of hydrogen-bond donors (Lipinski definition) is 2. The summed E-state index contributed by atoms with van der Waals surface area (Å²) >= 11 is 0. The number of ether oxygens (including phenoxy) is 1. The molecule has 0 bridgehead atoms. The number of methoxy groups -OCH3 is 1. The molecule has 88 valence electrons. The van der Waals surface area contributed by atoms with Crippen LogP contribution in [-0.2, 0) is 6.54 Å². The van der Waals surface area contributed by atoms with E-state index < -0.39 is 0 Å². The maximum atomic E-state index is 9.42. The Kier molecular flexibility index (Phi) is 3.25. The molecule has 0 spiro atoms. The highest BCUT2D eigenvalue weighted by atomic mass is 16.5. The zero-order valence-electron chi connectivity index (χ0n) is 9.55. The summed E-state index contributed by atoms with van der Waals surface area (Å²) in [4.78, 5) is 4.36. The number of benzene rings is 1. The molecule has 0 fully saturated rings. The Morgan fingerprint density at radius 1 is 1.29 bits per heavy atom. The van der Waals surface area contributed by atoms with Crippen molar-refractivity contribution in [3.05, 3.63) is 42.0 Å². The van der Waals surface area contributed by atoms with E-state index in [0.717, 1.165) is 16.8 Å². The zero-order chi connectivity index (χ0) is 12.3. The Morgan fingerprint density at radius 3 is 2.76 bits per heavy atom. The van der Waals surface area contributed by atoms with E-state index in [1.807, 2.05) is 18.2 Å². The van der Waals surface area contributed by atoms with Crippen molar-refractivity contribution < 1.29 is 9.84 Å². The summed E-state index contributed by atoms with van der Waals surface area (Å²) in [6.45, 7) is 0.385. The van der Waals surface area contributed by atoms with Crippen molar-refractivity contribution in [2.75, 3.05) is 7.11 Å². The molecule has 0 radical (unpaired) electrons. The van der Waals surface area contributed by atoms with Gasteiger partial charge in [0.2, 0.25) is 5.88 Å². The summed E-state index contributed by atoms with van der Waals surface area (Å²) in [5, 5.41) is 9.42. The molecule has 1 heterocycles. The molecule has 4 heteroatoms. The van der Waals surface area contributed by atoms with Gasteiger partial charge in [-0.15, -0.1) is 0 Å². The average Bonchev–Trinajstić information content (AvgIpc) is 2.38. The lowest BCUT2D eigenvalue weighted by atomic mass is 10.1. The van der Waals surface area contributed by atoms with Gasteiger partial charge in [-0.1, -0.05) is 18.2 Å². The fourth-order valence-corrected chi connectivity index (χ4v) is 1.63. The molecule has 0 aliphatic heterocycles. The van der Waals surface area contributed by atoms with E-state index >= 15 is 0 Å². The Hall–Kier alpha value is -2.07. The lowest BCUT2D eigenvalue weighted by Gasteiger charge is -2.08. The van der Waals surface area contributed by atoms with Gasteiger partial charge in [0, 0.05) is 17.7 Å². The second-order valence-corrected chi connectivity index (χ2v) is 3.62. The van der Waals surface area contributed by atoms with Crippen molar-refractivity contribution in [1.29, 1.82) is 0 Å². The van der Waals surface area contributed by atoms with Crippen LogP contribution in [0.2, 0.25) is 0 Å². The maximum absolute atomic E-state index is 9.42. The van der Waals surface area contributed by atoms with Gasteiger partial charge in [-0.2, -0.15) is 0 Å². The number of phenols is 1. The number of nitrogens with two attached hydrogens (primary N) is 1. The van der Waals surface area contributed by atoms with Gasteiger partial charge in [-0.25, -0.2) is 4.98 Å². The third-order valence-corrected chi connectivity index (χ3v) is 2.49. The van der Waals surface area contributed by atoms with Crippen molar-refractivity contribution in [2.45, 2.75) is 6.54 Å². The summed E-state index contributed by atoms with van der Waals surface area (Å²) in [6.07, 6.45) is 0.